The van der Waals surface area contributed by atoms with Crippen LogP contribution in [0.25, 0.3) is 0 Å². The Morgan fingerprint density at radius 3 is 2.68 bits per heavy atom. The van der Waals surface area contributed by atoms with Crippen LogP contribution in [-0.2, 0) is 9.59 Å². The molecule has 25 heavy (non-hydrogen) atoms. The van der Waals surface area contributed by atoms with Crippen LogP contribution in [0.5, 0.6) is 0 Å². The summed E-state index contributed by atoms with van der Waals surface area (Å²) in [5.41, 5.74) is -0.356. The Balaban J connectivity index is 1.66. The van der Waals surface area contributed by atoms with E-state index in [-0.39, 0.29) is 28.4 Å². The summed E-state index contributed by atoms with van der Waals surface area (Å²) in [6.07, 6.45) is 5.46. The van der Waals surface area contributed by atoms with Gasteiger partial charge in [0.15, 0.2) is 5.78 Å². The molecule has 0 amide bonds. The molecule has 3 nitrogen and oxygen atoms in total. The van der Waals surface area contributed by atoms with Gasteiger partial charge in [-0.25, -0.2) is 4.39 Å². The second-order valence-electron chi connectivity index (χ2n) is 9.80. The Morgan fingerprint density at radius 2 is 1.96 bits per heavy atom. The van der Waals surface area contributed by atoms with Crippen LogP contribution in [0.15, 0.2) is 0 Å². The van der Waals surface area contributed by atoms with Crippen LogP contribution in [0, 0.1) is 40.4 Å². The van der Waals surface area contributed by atoms with Gasteiger partial charge in [0.25, 0.3) is 0 Å². The number of aliphatic hydroxyl groups is 1. The van der Waals surface area contributed by atoms with Crippen molar-refractivity contribution in [1.82, 2.24) is 0 Å². The number of alkyl halides is 1. The van der Waals surface area contributed by atoms with Gasteiger partial charge in [0.2, 0.25) is 0 Å². The standard InChI is InChI=1S/C21H31FO3/c1-20-8-7-13(24)9-12(20)3-4-14-15-5-6-16(18(25)11-23)21(15,2)10-17(22)19(14)20/h12,14-17,19,23H,3-11H2,1-2H3/t12-,14+,15+,16-,17-,19-,20+,21+/m1/s1. The molecule has 0 saturated heterocycles. The minimum absolute atomic E-state index is 0.0420. The lowest BCUT2D eigenvalue weighted by Crippen LogP contribution is -2.58. The summed E-state index contributed by atoms with van der Waals surface area (Å²) in [7, 11) is 0. The van der Waals surface area contributed by atoms with Crippen molar-refractivity contribution in [3.8, 4) is 0 Å². The van der Waals surface area contributed by atoms with Crippen LogP contribution in [0.3, 0.4) is 0 Å². The molecule has 4 heteroatoms. The van der Waals surface area contributed by atoms with Crippen molar-refractivity contribution in [2.24, 2.45) is 40.4 Å². The van der Waals surface area contributed by atoms with Gasteiger partial charge in [0, 0.05) is 18.8 Å². The molecule has 0 aromatic carbocycles. The number of fused-ring (bicyclic) bond motifs is 5. The molecule has 0 heterocycles. The predicted octanol–water partition coefficient (Wildman–Crippen LogP) is 3.72. The van der Waals surface area contributed by atoms with Crippen molar-refractivity contribution in [1.29, 1.82) is 0 Å². The molecule has 4 aliphatic rings. The molecule has 0 aromatic heterocycles. The summed E-state index contributed by atoms with van der Waals surface area (Å²) in [5.74, 6) is 1.18. The Bertz CT molecular complexity index is 590. The van der Waals surface area contributed by atoms with Gasteiger partial charge in [-0.1, -0.05) is 13.8 Å². The zero-order valence-corrected chi connectivity index (χ0v) is 15.5. The first-order valence-corrected chi connectivity index (χ1v) is 10.1. The molecule has 4 aliphatic carbocycles. The highest BCUT2D eigenvalue weighted by atomic mass is 19.1. The molecule has 0 radical (unpaired) electrons. The highest BCUT2D eigenvalue weighted by Crippen LogP contribution is 2.67. The van der Waals surface area contributed by atoms with Crippen LogP contribution in [0.4, 0.5) is 4.39 Å². The molecular formula is C21H31FO3. The van der Waals surface area contributed by atoms with E-state index in [1.165, 1.54) is 0 Å². The molecule has 0 spiro atoms. The fourth-order valence-corrected chi connectivity index (χ4v) is 7.74. The first kappa shape index (κ1) is 17.6. The minimum Gasteiger partial charge on any atom is -0.389 e. The van der Waals surface area contributed by atoms with Crippen molar-refractivity contribution in [2.75, 3.05) is 6.61 Å². The average molecular weight is 350 g/mol. The van der Waals surface area contributed by atoms with Gasteiger partial charge in [0.05, 0.1) is 0 Å². The first-order chi connectivity index (χ1) is 11.8. The quantitative estimate of drug-likeness (QED) is 0.826. The molecule has 0 aliphatic heterocycles. The number of rotatable bonds is 2. The van der Waals surface area contributed by atoms with Gasteiger partial charge in [-0.15, -0.1) is 0 Å². The number of hydrogen-bond acceptors (Lipinski definition) is 3. The van der Waals surface area contributed by atoms with Crippen LogP contribution in [0.2, 0.25) is 0 Å². The predicted molar refractivity (Wildman–Crippen MR) is 92.6 cm³/mol. The van der Waals surface area contributed by atoms with Gasteiger partial charge in [-0.05, 0) is 73.0 Å². The monoisotopic (exact) mass is 350 g/mol. The molecule has 0 aromatic rings. The maximum atomic E-state index is 15.6. The van der Waals surface area contributed by atoms with Crippen molar-refractivity contribution in [3.05, 3.63) is 0 Å². The fraction of sp³-hybridized carbons (Fsp3) is 0.905. The first-order valence-electron chi connectivity index (χ1n) is 10.1. The summed E-state index contributed by atoms with van der Waals surface area (Å²) in [6, 6.07) is 0. The third-order valence-electron chi connectivity index (χ3n) is 8.92. The summed E-state index contributed by atoms with van der Waals surface area (Å²) in [6.45, 7) is 3.92. The van der Waals surface area contributed by atoms with Gasteiger partial charge in [-0.3, -0.25) is 9.59 Å². The zero-order valence-electron chi connectivity index (χ0n) is 15.5. The third kappa shape index (κ3) is 2.39. The lowest BCUT2D eigenvalue weighted by Gasteiger charge is -2.61. The smallest absolute Gasteiger partial charge is 0.161 e. The largest absolute Gasteiger partial charge is 0.389 e. The minimum atomic E-state index is -0.889. The number of halogens is 1. The fourth-order valence-electron chi connectivity index (χ4n) is 7.74. The van der Waals surface area contributed by atoms with Crippen LogP contribution in [-0.4, -0.2) is 29.5 Å². The van der Waals surface area contributed by atoms with E-state index in [0.717, 1.165) is 32.1 Å². The molecule has 0 bridgehead atoms. The summed E-state index contributed by atoms with van der Waals surface area (Å²) in [4.78, 5) is 24.2. The Labute approximate surface area is 149 Å². The van der Waals surface area contributed by atoms with E-state index < -0.39 is 12.8 Å². The van der Waals surface area contributed by atoms with Crippen molar-refractivity contribution in [3.63, 3.8) is 0 Å². The van der Waals surface area contributed by atoms with E-state index in [1.54, 1.807) is 0 Å². The molecule has 4 saturated carbocycles. The molecule has 1 N–H and O–H groups in total. The Morgan fingerprint density at radius 1 is 1.20 bits per heavy atom. The lowest BCUT2D eigenvalue weighted by atomic mass is 9.44. The van der Waals surface area contributed by atoms with Gasteiger partial charge >= 0.3 is 0 Å². The number of Topliss-reactive ketones (excluding diaryl/α,β-unsaturated/α-hetero) is 2. The van der Waals surface area contributed by atoms with Crippen molar-refractivity contribution < 1.29 is 19.1 Å². The van der Waals surface area contributed by atoms with Gasteiger partial charge < -0.3 is 5.11 Å². The molecular weight excluding hydrogens is 319 g/mol. The third-order valence-corrected chi connectivity index (χ3v) is 8.92. The van der Waals surface area contributed by atoms with Crippen molar-refractivity contribution in [2.45, 2.75) is 71.4 Å². The number of carbonyl (C=O) groups excluding carboxylic acids is 2. The van der Waals surface area contributed by atoms with E-state index in [4.69, 9.17) is 0 Å². The van der Waals surface area contributed by atoms with Gasteiger partial charge in [-0.2, -0.15) is 0 Å². The Hall–Kier alpha value is -0.770. The van der Waals surface area contributed by atoms with Crippen LogP contribution in [0.1, 0.15) is 65.2 Å². The van der Waals surface area contributed by atoms with E-state index in [9.17, 15) is 14.7 Å². The summed E-state index contributed by atoms with van der Waals surface area (Å²) < 4.78 is 15.6. The van der Waals surface area contributed by atoms with Crippen LogP contribution >= 0.6 is 0 Å². The molecule has 0 unspecified atom stereocenters. The second kappa shape index (κ2) is 5.87. The average Bonchev–Trinajstić information content (AvgIpc) is 2.91. The van der Waals surface area contributed by atoms with Crippen molar-refractivity contribution >= 4 is 11.6 Å². The van der Waals surface area contributed by atoms with E-state index in [2.05, 4.69) is 13.8 Å². The topological polar surface area (TPSA) is 54.4 Å². The molecule has 8 atom stereocenters. The number of hydrogen-bond donors (Lipinski definition) is 1. The number of aliphatic hydroxyl groups excluding tert-OH is 1. The van der Waals surface area contributed by atoms with Gasteiger partial charge in [0.1, 0.15) is 18.6 Å². The SMILES string of the molecule is C[C@]12CCC(=O)C[C@H]1CC[C@@H]1[C@@H]2[C@H](F)C[C@]2(C)[C@@H](C(=O)CO)CC[C@@H]12. The summed E-state index contributed by atoms with van der Waals surface area (Å²) >= 11 is 0. The normalized spacial score (nSPS) is 52.2. The number of carbonyl (C=O) groups is 2. The zero-order chi connectivity index (χ0) is 18.0. The summed E-state index contributed by atoms with van der Waals surface area (Å²) in [5, 5.41) is 9.34. The molecule has 140 valence electrons. The maximum Gasteiger partial charge on any atom is 0.161 e. The van der Waals surface area contributed by atoms with Crippen LogP contribution < -0.4 is 0 Å². The highest BCUT2D eigenvalue weighted by molar-refractivity contribution is 5.83. The molecule has 4 rings (SSSR count). The number of ketones is 2. The lowest BCUT2D eigenvalue weighted by molar-refractivity contribution is -0.160. The van der Waals surface area contributed by atoms with E-state index >= 15 is 4.39 Å². The highest BCUT2D eigenvalue weighted by Gasteiger charge is 2.64. The van der Waals surface area contributed by atoms with E-state index in [0.29, 0.717) is 42.8 Å². The Kier molecular flexibility index (Phi) is 4.14. The maximum absolute atomic E-state index is 15.6. The molecule has 4 fully saturated rings. The second-order valence-corrected chi connectivity index (χ2v) is 9.80. The van der Waals surface area contributed by atoms with E-state index in [1.807, 2.05) is 0 Å².